The highest BCUT2D eigenvalue weighted by Crippen LogP contribution is 2.49. The van der Waals surface area contributed by atoms with E-state index in [0.29, 0.717) is 75.9 Å². The fraction of sp³-hybridized carbons (Fsp3) is 0.571. The highest BCUT2D eigenvalue weighted by Gasteiger charge is 2.22. The molecule has 528 valence electrons. The van der Waals surface area contributed by atoms with Crippen LogP contribution in [0.2, 0.25) is 0 Å². The molecule has 0 heterocycles. The number of phenols is 4. The van der Waals surface area contributed by atoms with Gasteiger partial charge in [-0.05, 0) is 189 Å². The molecule has 0 fully saturated rings. The van der Waals surface area contributed by atoms with Crippen molar-refractivity contribution >= 4 is 64.6 Å². The van der Waals surface area contributed by atoms with Gasteiger partial charge in [0, 0.05) is 0 Å². The zero-order valence-corrected chi connectivity index (χ0v) is 60.3. The van der Waals surface area contributed by atoms with Crippen LogP contribution in [-0.4, -0.2) is 73.3 Å². The molecule has 0 bridgehead atoms. The smallest absolute Gasteiger partial charge is 0.161 e. The van der Waals surface area contributed by atoms with E-state index in [1.54, 1.807) is 24.3 Å². The highest BCUT2D eigenvalue weighted by molar-refractivity contribution is 6.28. The number of ether oxygens (including phenoxy) is 8. The van der Waals surface area contributed by atoms with Gasteiger partial charge in [0.05, 0.1) is 52.9 Å². The van der Waals surface area contributed by atoms with E-state index >= 15 is 0 Å². The van der Waals surface area contributed by atoms with Gasteiger partial charge in [0.25, 0.3) is 0 Å². The molecule has 0 saturated carbocycles. The van der Waals surface area contributed by atoms with Crippen molar-refractivity contribution < 1.29 is 58.3 Å². The van der Waals surface area contributed by atoms with Crippen molar-refractivity contribution in [2.75, 3.05) is 52.9 Å². The van der Waals surface area contributed by atoms with Gasteiger partial charge in [0.15, 0.2) is 69.0 Å². The topological polar surface area (TPSA) is 155 Å². The fourth-order valence-corrected chi connectivity index (χ4v) is 12.7. The van der Waals surface area contributed by atoms with Crippen molar-refractivity contribution in [3.8, 4) is 69.0 Å². The summed E-state index contributed by atoms with van der Waals surface area (Å²) in [6, 6.07) is 23.2. The van der Waals surface area contributed by atoms with Crippen molar-refractivity contribution in [1.29, 1.82) is 0 Å². The van der Waals surface area contributed by atoms with Crippen LogP contribution in [0.15, 0.2) is 72.8 Å². The number of benzene rings is 8. The summed E-state index contributed by atoms with van der Waals surface area (Å²) in [6.07, 6.45) is 35.4. The summed E-state index contributed by atoms with van der Waals surface area (Å²) < 4.78 is 50.3. The van der Waals surface area contributed by atoms with Crippen LogP contribution in [-0.2, 0) is 0 Å². The average Bonchev–Trinajstić information content (AvgIpc) is 0.738. The molecule has 12 heteroatoms. The largest absolute Gasteiger partial charge is 0.504 e. The minimum Gasteiger partial charge on any atom is -0.504 e. The Balaban J connectivity index is 0.000000271. The Morgan fingerprint density at radius 2 is 0.292 bits per heavy atom. The van der Waals surface area contributed by atoms with Crippen molar-refractivity contribution in [3.63, 3.8) is 0 Å². The van der Waals surface area contributed by atoms with Gasteiger partial charge in [-0.15, -0.1) is 0 Å². The quantitative estimate of drug-likeness (QED) is 0.0212. The first-order valence-corrected chi connectivity index (χ1v) is 37.9. The van der Waals surface area contributed by atoms with E-state index in [2.05, 4.69) is 79.7 Å². The third-order valence-corrected chi connectivity index (χ3v) is 18.3. The summed E-state index contributed by atoms with van der Waals surface area (Å²) in [4.78, 5) is 0. The first-order valence-electron chi connectivity index (χ1n) is 37.9. The lowest BCUT2D eigenvalue weighted by molar-refractivity contribution is 0.259. The molecule has 96 heavy (non-hydrogen) atoms. The van der Waals surface area contributed by atoms with E-state index in [-0.39, 0.29) is 23.0 Å². The van der Waals surface area contributed by atoms with Crippen LogP contribution in [0.4, 0.5) is 0 Å². The Kier molecular flexibility index (Phi) is 33.8. The van der Waals surface area contributed by atoms with Crippen molar-refractivity contribution in [3.05, 3.63) is 72.8 Å². The zero-order valence-electron chi connectivity index (χ0n) is 60.3. The maximum atomic E-state index is 11.1. The first kappa shape index (κ1) is 76.3. The number of unbranched alkanes of at least 4 members (excludes halogenated alkanes) is 24. The van der Waals surface area contributed by atoms with E-state index in [1.165, 1.54) is 77.0 Å². The molecule has 8 aromatic carbocycles. The summed E-state index contributed by atoms with van der Waals surface area (Å²) in [5.74, 6) is 5.16. The molecule has 0 aliphatic heterocycles. The fourth-order valence-electron chi connectivity index (χ4n) is 12.7. The molecule has 4 N–H and O–H groups in total. The Morgan fingerprint density at radius 3 is 0.438 bits per heavy atom. The van der Waals surface area contributed by atoms with E-state index in [0.717, 1.165) is 216 Å². The van der Waals surface area contributed by atoms with Crippen LogP contribution in [0.1, 0.15) is 261 Å². The minimum atomic E-state index is 0.0915. The first-order chi connectivity index (χ1) is 47.0. The maximum Gasteiger partial charge on any atom is 0.161 e. The summed E-state index contributed by atoms with van der Waals surface area (Å²) in [6.45, 7) is 22.3. The summed E-state index contributed by atoms with van der Waals surface area (Å²) in [7, 11) is 0. The van der Waals surface area contributed by atoms with Gasteiger partial charge in [-0.25, -0.2) is 0 Å². The third kappa shape index (κ3) is 22.5. The molecule has 0 atom stereocenters. The van der Waals surface area contributed by atoms with Gasteiger partial charge in [-0.1, -0.05) is 209 Å². The SMILES string of the molecule is CCCCCCOc1cc2c(cc1O)c1cc(O)c(OCCCCCC)cc1c1cc(OCCCCCC)c(OCCCCCC)cc21.CCCCCCOc1cc2c(cc1O)c1cc(O)c(OCCCCCC)cc1c1cc(OCCCCCC)c(OCCCCCC)cc21. The van der Waals surface area contributed by atoms with Crippen LogP contribution >= 0.6 is 0 Å². The molecular weight excluding hydrogens is 1200 g/mol. The van der Waals surface area contributed by atoms with Gasteiger partial charge in [0.2, 0.25) is 0 Å². The predicted octanol–water partition coefficient (Wildman–Crippen LogP) is 24.8. The molecule has 0 aliphatic carbocycles. The number of hydrogen-bond acceptors (Lipinski definition) is 12. The molecular formula is C84H120O12. The second kappa shape index (κ2) is 42.6. The van der Waals surface area contributed by atoms with E-state index in [1.807, 2.05) is 24.3 Å². The molecule has 12 nitrogen and oxygen atoms in total. The maximum absolute atomic E-state index is 11.1. The van der Waals surface area contributed by atoms with Crippen molar-refractivity contribution in [2.45, 2.75) is 261 Å². The summed E-state index contributed by atoms with van der Waals surface area (Å²) >= 11 is 0. The third-order valence-electron chi connectivity index (χ3n) is 18.3. The summed E-state index contributed by atoms with van der Waals surface area (Å²) in [5, 5.41) is 55.5. The molecule has 0 unspecified atom stereocenters. The predicted molar refractivity (Wildman–Crippen MR) is 402 cm³/mol. The van der Waals surface area contributed by atoms with Crippen molar-refractivity contribution in [2.24, 2.45) is 0 Å². The highest BCUT2D eigenvalue weighted by atomic mass is 16.5. The Labute approximate surface area is 575 Å². The van der Waals surface area contributed by atoms with Gasteiger partial charge >= 0.3 is 0 Å². The van der Waals surface area contributed by atoms with Gasteiger partial charge in [-0.3, -0.25) is 0 Å². The minimum absolute atomic E-state index is 0.0915. The monoisotopic (exact) mass is 1320 g/mol. The second-order valence-electron chi connectivity index (χ2n) is 26.4. The molecule has 0 spiro atoms. The van der Waals surface area contributed by atoms with Crippen molar-refractivity contribution in [1.82, 2.24) is 0 Å². The van der Waals surface area contributed by atoms with Crippen LogP contribution in [0.3, 0.4) is 0 Å². The Hall–Kier alpha value is -7.08. The van der Waals surface area contributed by atoms with Gasteiger partial charge in [0.1, 0.15) is 0 Å². The molecule has 0 aliphatic rings. The lowest BCUT2D eigenvalue weighted by Gasteiger charge is -2.19. The van der Waals surface area contributed by atoms with E-state index in [4.69, 9.17) is 37.9 Å². The summed E-state index contributed by atoms with van der Waals surface area (Å²) in [5.41, 5.74) is 0. The van der Waals surface area contributed by atoms with Crippen LogP contribution in [0, 0.1) is 0 Å². The van der Waals surface area contributed by atoms with Gasteiger partial charge < -0.3 is 58.3 Å². The zero-order chi connectivity index (χ0) is 68.3. The second-order valence-corrected chi connectivity index (χ2v) is 26.4. The van der Waals surface area contributed by atoms with Gasteiger partial charge in [-0.2, -0.15) is 0 Å². The van der Waals surface area contributed by atoms with E-state index in [9.17, 15) is 20.4 Å². The Bertz CT molecular complexity index is 3130. The number of phenolic OH excluding ortho intramolecular Hbond substituents is 4. The molecule has 0 radical (unpaired) electrons. The average molecular weight is 1320 g/mol. The van der Waals surface area contributed by atoms with Crippen LogP contribution in [0.25, 0.3) is 64.6 Å². The van der Waals surface area contributed by atoms with Crippen LogP contribution < -0.4 is 37.9 Å². The molecule has 0 saturated heterocycles. The Morgan fingerprint density at radius 1 is 0.167 bits per heavy atom. The number of rotatable bonds is 48. The lowest BCUT2D eigenvalue weighted by Crippen LogP contribution is -2.03. The number of hydrogen-bond donors (Lipinski definition) is 4. The van der Waals surface area contributed by atoms with Crippen LogP contribution in [0.5, 0.6) is 69.0 Å². The molecule has 8 aromatic rings. The number of aromatic hydroxyl groups is 4. The standard InChI is InChI=1S/2C42H60O6/c2*1-5-9-13-17-21-45-39-27-33-31(25-37(39)43)32-26-38(44)40(46-22-18-14-10-6-2)28-34(32)36-30-42(48-24-20-16-12-8-4)41(29-35(33)36)47-23-19-15-11-7-3/h2*25-30,43-44H,5-24H2,1-4H3. The molecule has 0 aromatic heterocycles. The van der Waals surface area contributed by atoms with E-state index < -0.39 is 0 Å². The lowest BCUT2D eigenvalue weighted by atomic mass is 9.93. The molecule has 8 rings (SSSR count). The normalized spacial score (nSPS) is 11.5. The number of fused-ring (bicyclic) bond motifs is 12. The molecule has 0 amide bonds.